The molecule has 2 heterocycles. The molecular weight excluding hydrogens is 380 g/mol. The van der Waals surface area contributed by atoms with Gasteiger partial charge >= 0.3 is 0 Å². The first-order valence-electron chi connectivity index (χ1n) is 9.85. The van der Waals surface area contributed by atoms with Crippen molar-refractivity contribution >= 4 is 24.0 Å². The van der Waals surface area contributed by atoms with Gasteiger partial charge in [-0.2, -0.15) is 0 Å². The number of phenolic OH excluding ortho intramolecular Hbond substituents is 1. The van der Waals surface area contributed by atoms with E-state index in [0.717, 1.165) is 65.7 Å². The van der Waals surface area contributed by atoms with Crippen molar-refractivity contribution in [2.75, 3.05) is 78.8 Å². The van der Waals surface area contributed by atoms with Gasteiger partial charge < -0.3 is 14.6 Å². The van der Waals surface area contributed by atoms with E-state index in [1.54, 1.807) is 24.6 Å². The van der Waals surface area contributed by atoms with Crippen LogP contribution in [0.15, 0.2) is 22.1 Å². The minimum absolute atomic E-state index is 0.162. The number of ether oxygens (including phenoxy) is 2. The molecule has 7 nitrogen and oxygen atoms in total. The van der Waals surface area contributed by atoms with Crippen molar-refractivity contribution in [1.29, 1.82) is 0 Å². The third kappa shape index (κ3) is 6.83. The van der Waals surface area contributed by atoms with Crippen molar-refractivity contribution in [3.05, 3.63) is 28.3 Å². The Morgan fingerprint density at radius 2 is 1.29 bits per heavy atom. The van der Waals surface area contributed by atoms with Gasteiger partial charge in [-0.05, 0) is 12.1 Å². The molecule has 1 N–H and O–H groups in total. The largest absolute Gasteiger partial charge is 0.507 e. The monoisotopic (exact) mass is 408 g/mol. The molecule has 0 aliphatic carbocycles. The number of aliphatic imine (C=N–C) groups is 2. The highest BCUT2D eigenvalue weighted by Gasteiger charge is 2.10. The number of morpholine rings is 2. The van der Waals surface area contributed by atoms with E-state index in [1.165, 1.54) is 0 Å². The molecular formula is C20H29ClN4O3. The summed E-state index contributed by atoms with van der Waals surface area (Å²) >= 11 is 6.21. The van der Waals surface area contributed by atoms with Crippen LogP contribution in [0.1, 0.15) is 11.1 Å². The number of phenols is 1. The van der Waals surface area contributed by atoms with Gasteiger partial charge in [0, 0.05) is 67.8 Å². The third-order valence-electron chi connectivity index (χ3n) is 4.89. The van der Waals surface area contributed by atoms with Crippen LogP contribution in [0, 0.1) is 0 Å². The zero-order chi connectivity index (χ0) is 19.6. The second-order valence-corrected chi connectivity index (χ2v) is 7.35. The topological polar surface area (TPSA) is 69.9 Å². The lowest BCUT2D eigenvalue weighted by Gasteiger charge is -2.25. The summed E-state index contributed by atoms with van der Waals surface area (Å²) in [6.07, 6.45) is 3.37. The van der Waals surface area contributed by atoms with E-state index in [2.05, 4.69) is 19.8 Å². The van der Waals surface area contributed by atoms with Crippen LogP contribution in [-0.2, 0) is 9.47 Å². The number of hydrogen-bond donors (Lipinski definition) is 1. The second kappa shape index (κ2) is 11.5. The molecule has 0 saturated carbocycles. The average molecular weight is 409 g/mol. The summed E-state index contributed by atoms with van der Waals surface area (Å²) in [5, 5.41) is 11.1. The maximum absolute atomic E-state index is 10.5. The summed E-state index contributed by atoms with van der Waals surface area (Å²) in [7, 11) is 0. The summed E-state index contributed by atoms with van der Waals surface area (Å²) in [6, 6.07) is 3.44. The number of nitrogens with zero attached hydrogens (tertiary/aromatic N) is 4. The Bertz CT molecular complexity index is 618. The van der Waals surface area contributed by atoms with Crippen LogP contribution in [0.3, 0.4) is 0 Å². The van der Waals surface area contributed by atoms with Crippen molar-refractivity contribution in [3.8, 4) is 5.75 Å². The minimum Gasteiger partial charge on any atom is -0.507 e. The molecule has 0 spiro atoms. The minimum atomic E-state index is 0.162. The van der Waals surface area contributed by atoms with Gasteiger partial charge in [-0.3, -0.25) is 19.8 Å². The number of halogens is 1. The first kappa shape index (κ1) is 21.2. The lowest BCUT2D eigenvalue weighted by atomic mass is 10.1. The zero-order valence-corrected chi connectivity index (χ0v) is 17.0. The van der Waals surface area contributed by atoms with Crippen molar-refractivity contribution in [2.45, 2.75) is 0 Å². The fourth-order valence-corrected chi connectivity index (χ4v) is 3.45. The van der Waals surface area contributed by atoms with Crippen LogP contribution in [0.5, 0.6) is 5.75 Å². The van der Waals surface area contributed by atoms with E-state index in [0.29, 0.717) is 29.2 Å². The fourth-order valence-electron chi connectivity index (χ4n) is 3.21. The van der Waals surface area contributed by atoms with Gasteiger partial charge in [-0.1, -0.05) is 11.6 Å². The summed E-state index contributed by atoms with van der Waals surface area (Å²) in [4.78, 5) is 13.5. The SMILES string of the molecule is Oc1c(C=NCCN2CCOCC2)cc(Cl)cc1C=NCCN1CCOCC1. The molecule has 28 heavy (non-hydrogen) atoms. The smallest absolute Gasteiger partial charge is 0.133 e. The Morgan fingerprint density at radius 3 is 1.71 bits per heavy atom. The Kier molecular flexibility index (Phi) is 8.70. The summed E-state index contributed by atoms with van der Waals surface area (Å²) in [5.74, 6) is 0.162. The summed E-state index contributed by atoms with van der Waals surface area (Å²) in [6.45, 7) is 10.1. The van der Waals surface area contributed by atoms with Crippen LogP contribution in [0.25, 0.3) is 0 Å². The molecule has 2 saturated heterocycles. The highest BCUT2D eigenvalue weighted by atomic mass is 35.5. The Hall–Kier alpha value is -1.51. The number of benzene rings is 1. The molecule has 2 aliphatic rings. The lowest BCUT2D eigenvalue weighted by molar-refractivity contribution is 0.0394. The molecule has 1 aromatic carbocycles. The van der Waals surface area contributed by atoms with Gasteiger partial charge in [0.1, 0.15) is 5.75 Å². The molecule has 3 rings (SSSR count). The van der Waals surface area contributed by atoms with Crippen molar-refractivity contribution < 1.29 is 14.6 Å². The first-order chi connectivity index (χ1) is 13.7. The Balaban J connectivity index is 1.51. The van der Waals surface area contributed by atoms with Crippen LogP contribution in [0.4, 0.5) is 0 Å². The molecule has 0 atom stereocenters. The van der Waals surface area contributed by atoms with E-state index in [4.69, 9.17) is 21.1 Å². The van der Waals surface area contributed by atoms with E-state index < -0.39 is 0 Å². The quantitative estimate of drug-likeness (QED) is 0.661. The van der Waals surface area contributed by atoms with Crippen molar-refractivity contribution in [2.24, 2.45) is 9.98 Å². The van der Waals surface area contributed by atoms with Crippen LogP contribution < -0.4 is 0 Å². The van der Waals surface area contributed by atoms with E-state index in [-0.39, 0.29) is 5.75 Å². The predicted octanol–water partition coefficient (Wildman–Crippen LogP) is 1.55. The highest BCUT2D eigenvalue weighted by Crippen LogP contribution is 2.24. The zero-order valence-electron chi connectivity index (χ0n) is 16.2. The van der Waals surface area contributed by atoms with E-state index >= 15 is 0 Å². The van der Waals surface area contributed by atoms with Crippen LogP contribution >= 0.6 is 11.6 Å². The fraction of sp³-hybridized carbons (Fsp3) is 0.600. The number of hydrogen-bond acceptors (Lipinski definition) is 7. The molecule has 8 heteroatoms. The molecule has 0 bridgehead atoms. The Labute approximate surface area is 171 Å². The van der Waals surface area contributed by atoms with E-state index in [1.807, 2.05) is 0 Å². The van der Waals surface area contributed by atoms with Gasteiger partial charge in [-0.25, -0.2) is 0 Å². The normalized spacial score (nSPS) is 19.8. The molecule has 1 aromatic rings. The maximum atomic E-state index is 10.5. The average Bonchev–Trinajstić information content (AvgIpc) is 2.73. The van der Waals surface area contributed by atoms with Gasteiger partial charge in [0.25, 0.3) is 0 Å². The van der Waals surface area contributed by atoms with Gasteiger partial charge in [0.05, 0.1) is 39.5 Å². The predicted molar refractivity (Wildman–Crippen MR) is 113 cm³/mol. The standard InChI is InChI=1S/C20H29ClN4O3/c21-19-13-17(15-22-1-3-24-5-9-27-10-6-24)20(26)18(14-19)16-23-2-4-25-7-11-28-12-8-25/h13-16,26H,1-12H2. The molecule has 0 aromatic heterocycles. The number of aromatic hydroxyl groups is 1. The third-order valence-corrected chi connectivity index (χ3v) is 5.11. The van der Waals surface area contributed by atoms with Crippen LogP contribution in [0.2, 0.25) is 5.02 Å². The highest BCUT2D eigenvalue weighted by molar-refractivity contribution is 6.31. The Morgan fingerprint density at radius 1 is 0.857 bits per heavy atom. The second-order valence-electron chi connectivity index (χ2n) is 6.91. The molecule has 2 fully saturated rings. The molecule has 2 aliphatic heterocycles. The van der Waals surface area contributed by atoms with Gasteiger partial charge in [0.2, 0.25) is 0 Å². The summed E-state index contributed by atoms with van der Waals surface area (Å²) in [5.41, 5.74) is 1.23. The van der Waals surface area contributed by atoms with Crippen molar-refractivity contribution in [3.63, 3.8) is 0 Å². The van der Waals surface area contributed by atoms with Gasteiger partial charge in [-0.15, -0.1) is 0 Å². The molecule has 0 radical (unpaired) electrons. The molecule has 0 unspecified atom stereocenters. The number of rotatable bonds is 8. The molecule has 0 amide bonds. The maximum Gasteiger partial charge on any atom is 0.133 e. The summed E-state index contributed by atoms with van der Waals surface area (Å²) < 4.78 is 10.7. The van der Waals surface area contributed by atoms with Crippen LogP contribution in [-0.4, -0.2) is 106 Å². The first-order valence-corrected chi connectivity index (χ1v) is 10.2. The van der Waals surface area contributed by atoms with E-state index in [9.17, 15) is 5.11 Å². The van der Waals surface area contributed by atoms with Gasteiger partial charge in [0.15, 0.2) is 0 Å². The van der Waals surface area contributed by atoms with Crippen molar-refractivity contribution in [1.82, 2.24) is 9.80 Å². The lowest BCUT2D eigenvalue weighted by Crippen LogP contribution is -2.37. The molecule has 154 valence electrons.